The molecule has 222 valence electrons. The van der Waals surface area contributed by atoms with Crippen LogP contribution in [0.4, 0.5) is 0 Å². The molecule has 15 nitrogen and oxygen atoms in total. The summed E-state index contributed by atoms with van der Waals surface area (Å²) in [6.45, 7) is 0.341. The standard InChI is InChI=1S/C25H39N7O8/c26-12-2-1-3-17(30-22(36)16(27)8-10-20(28)34)23(37)32-19(13-14-4-6-15(33)7-5-14)24(38)31-18(25(39)40)9-11-21(29)35/h4-7,16-19,33H,1-3,8-13,26-27H2,(H2,28,34)(H2,29,35)(H,30,36)(H,31,38)(H,32,37)(H,39,40). The summed E-state index contributed by atoms with van der Waals surface area (Å²) < 4.78 is 0. The minimum Gasteiger partial charge on any atom is -0.508 e. The molecule has 0 bridgehead atoms. The van der Waals surface area contributed by atoms with Gasteiger partial charge in [0.15, 0.2) is 0 Å². The number of carbonyl (C=O) groups is 6. The Morgan fingerprint density at radius 1 is 0.725 bits per heavy atom. The van der Waals surface area contributed by atoms with Gasteiger partial charge in [0.25, 0.3) is 0 Å². The van der Waals surface area contributed by atoms with Gasteiger partial charge in [-0.3, -0.25) is 24.0 Å². The Balaban J connectivity index is 3.14. The van der Waals surface area contributed by atoms with Crippen LogP contribution in [0.5, 0.6) is 5.75 Å². The third kappa shape index (κ3) is 13.0. The smallest absolute Gasteiger partial charge is 0.326 e. The highest BCUT2D eigenvalue weighted by Crippen LogP contribution is 2.13. The van der Waals surface area contributed by atoms with Crippen molar-refractivity contribution < 1.29 is 39.0 Å². The number of nitrogens with two attached hydrogens (primary N) is 4. The van der Waals surface area contributed by atoms with E-state index < -0.39 is 59.7 Å². The molecule has 0 saturated carbocycles. The molecule has 1 aromatic carbocycles. The summed E-state index contributed by atoms with van der Waals surface area (Å²) >= 11 is 0. The first-order valence-electron chi connectivity index (χ1n) is 12.8. The van der Waals surface area contributed by atoms with Crippen molar-refractivity contribution in [2.24, 2.45) is 22.9 Å². The van der Waals surface area contributed by atoms with E-state index >= 15 is 0 Å². The van der Waals surface area contributed by atoms with Crippen molar-refractivity contribution >= 4 is 35.5 Å². The first-order valence-corrected chi connectivity index (χ1v) is 12.8. The number of carboxylic acids is 1. The van der Waals surface area contributed by atoms with Crippen LogP contribution in [0.3, 0.4) is 0 Å². The number of phenols is 1. The molecule has 5 amide bonds. The van der Waals surface area contributed by atoms with Gasteiger partial charge in [-0.1, -0.05) is 12.1 Å². The van der Waals surface area contributed by atoms with Crippen LogP contribution in [0, 0.1) is 0 Å². The monoisotopic (exact) mass is 565 g/mol. The predicted octanol–water partition coefficient (Wildman–Crippen LogP) is -2.54. The highest BCUT2D eigenvalue weighted by Gasteiger charge is 2.30. The third-order valence-electron chi connectivity index (χ3n) is 5.92. The van der Waals surface area contributed by atoms with Crippen LogP contribution in [-0.4, -0.2) is 76.4 Å². The van der Waals surface area contributed by atoms with Crippen LogP contribution in [0.2, 0.25) is 0 Å². The van der Waals surface area contributed by atoms with Gasteiger partial charge in [-0.2, -0.15) is 0 Å². The lowest BCUT2D eigenvalue weighted by molar-refractivity contribution is -0.142. The molecule has 13 N–H and O–H groups in total. The van der Waals surface area contributed by atoms with E-state index in [0.717, 1.165) is 0 Å². The summed E-state index contributed by atoms with van der Waals surface area (Å²) in [6, 6.07) is 0.787. The zero-order chi connectivity index (χ0) is 30.2. The molecule has 0 spiro atoms. The number of rotatable bonds is 19. The average Bonchev–Trinajstić information content (AvgIpc) is 2.89. The molecule has 0 heterocycles. The van der Waals surface area contributed by atoms with Gasteiger partial charge in [0.1, 0.15) is 23.9 Å². The average molecular weight is 566 g/mol. The number of hydrogen-bond donors (Lipinski definition) is 9. The number of phenolic OH excluding ortho intramolecular Hbond substituents is 1. The van der Waals surface area contributed by atoms with Crippen molar-refractivity contribution in [3.05, 3.63) is 29.8 Å². The van der Waals surface area contributed by atoms with E-state index in [4.69, 9.17) is 22.9 Å². The van der Waals surface area contributed by atoms with Crippen LogP contribution < -0.4 is 38.9 Å². The van der Waals surface area contributed by atoms with Gasteiger partial charge in [0, 0.05) is 19.3 Å². The van der Waals surface area contributed by atoms with E-state index in [9.17, 15) is 39.0 Å². The second kappa shape index (κ2) is 17.4. The number of carboxylic acid groups (broad SMARTS) is 1. The number of aromatic hydroxyl groups is 1. The molecule has 1 aromatic rings. The molecule has 40 heavy (non-hydrogen) atoms. The topological polar surface area (TPSA) is 283 Å². The Labute approximate surface area is 231 Å². The van der Waals surface area contributed by atoms with E-state index in [1.54, 1.807) is 0 Å². The summed E-state index contributed by atoms with van der Waals surface area (Å²) in [5.41, 5.74) is 22.1. The number of hydrogen-bond acceptors (Lipinski definition) is 9. The Morgan fingerprint density at radius 2 is 1.25 bits per heavy atom. The largest absolute Gasteiger partial charge is 0.508 e. The van der Waals surface area contributed by atoms with Gasteiger partial charge in [-0.25, -0.2) is 4.79 Å². The SMILES string of the molecule is NCCCCC(NC(=O)C(N)CCC(N)=O)C(=O)NC(Cc1ccc(O)cc1)C(=O)NC(CCC(N)=O)C(=O)O. The second-order valence-corrected chi connectivity index (χ2v) is 9.29. The molecule has 0 aliphatic heterocycles. The number of aliphatic carboxylic acids is 1. The Bertz CT molecular complexity index is 1030. The fourth-order valence-electron chi connectivity index (χ4n) is 3.63. The van der Waals surface area contributed by atoms with Gasteiger partial charge >= 0.3 is 5.97 Å². The van der Waals surface area contributed by atoms with Crippen molar-refractivity contribution in [3.63, 3.8) is 0 Å². The maximum atomic E-state index is 13.3. The van der Waals surface area contributed by atoms with Gasteiger partial charge in [0.05, 0.1) is 6.04 Å². The lowest BCUT2D eigenvalue weighted by atomic mass is 10.0. The number of nitrogens with one attached hydrogen (secondary N) is 3. The summed E-state index contributed by atoms with van der Waals surface area (Å²) in [6.07, 6.45) is 0.330. The van der Waals surface area contributed by atoms with E-state index in [1.807, 2.05) is 0 Å². The molecule has 4 unspecified atom stereocenters. The predicted molar refractivity (Wildman–Crippen MR) is 143 cm³/mol. The molecular weight excluding hydrogens is 526 g/mol. The second-order valence-electron chi connectivity index (χ2n) is 9.29. The zero-order valence-corrected chi connectivity index (χ0v) is 22.1. The summed E-state index contributed by atoms with van der Waals surface area (Å²) in [7, 11) is 0. The van der Waals surface area contributed by atoms with E-state index in [0.29, 0.717) is 24.9 Å². The van der Waals surface area contributed by atoms with Gasteiger partial charge < -0.3 is 49.1 Å². The van der Waals surface area contributed by atoms with Crippen molar-refractivity contribution in [1.29, 1.82) is 0 Å². The fraction of sp³-hybridized carbons (Fsp3) is 0.520. The number of unbranched alkanes of at least 4 members (excludes halogenated alkanes) is 1. The van der Waals surface area contributed by atoms with Gasteiger partial charge in [0.2, 0.25) is 29.5 Å². The maximum Gasteiger partial charge on any atom is 0.326 e. The molecule has 0 saturated heterocycles. The van der Waals surface area contributed by atoms with Gasteiger partial charge in [-0.05, 0) is 56.3 Å². The van der Waals surface area contributed by atoms with Crippen molar-refractivity contribution in [2.45, 2.75) is 75.5 Å². The molecular formula is C25H39N7O8. The number of primary amides is 2. The van der Waals surface area contributed by atoms with Crippen molar-refractivity contribution in [3.8, 4) is 5.75 Å². The van der Waals surface area contributed by atoms with Crippen LogP contribution in [0.1, 0.15) is 50.5 Å². The van der Waals surface area contributed by atoms with Crippen molar-refractivity contribution in [2.75, 3.05) is 6.54 Å². The maximum absolute atomic E-state index is 13.3. The summed E-state index contributed by atoms with van der Waals surface area (Å²) in [5, 5.41) is 26.4. The van der Waals surface area contributed by atoms with Crippen LogP contribution in [0.25, 0.3) is 0 Å². The first kappa shape index (κ1) is 33.8. The molecule has 4 atom stereocenters. The molecule has 0 aromatic heterocycles. The van der Waals surface area contributed by atoms with E-state index in [-0.39, 0.29) is 44.3 Å². The first-order chi connectivity index (χ1) is 18.8. The normalized spacial score (nSPS) is 13.8. The van der Waals surface area contributed by atoms with Crippen LogP contribution in [-0.2, 0) is 35.2 Å². The number of amides is 5. The van der Waals surface area contributed by atoms with Crippen molar-refractivity contribution in [1.82, 2.24) is 16.0 Å². The highest BCUT2D eigenvalue weighted by molar-refractivity contribution is 5.94. The van der Waals surface area contributed by atoms with Gasteiger partial charge in [-0.15, -0.1) is 0 Å². The fourth-order valence-corrected chi connectivity index (χ4v) is 3.63. The third-order valence-corrected chi connectivity index (χ3v) is 5.92. The van der Waals surface area contributed by atoms with Crippen LogP contribution >= 0.6 is 0 Å². The molecule has 0 aliphatic rings. The Morgan fingerprint density at radius 3 is 1.80 bits per heavy atom. The van der Waals surface area contributed by atoms with Crippen LogP contribution in [0.15, 0.2) is 24.3 Å². The Hall–Kier alpha value is -4.24. The zero-order valence-electron chi connectivity index (χ0n) is 22.1. The summed E-state index contributed by atoms with van der Waals surface area (Å²) in [5.74, 6) is -5.12. The summed E-state index contributed by atoms with van der Waals surface area (Å²) in [4.78, 5) is 72.8. The van der Waals surface area contributed by atoms with E-state index in [1.165, 1.54) is 24.3 Å². The molecule has 1 rings (SSSR count). The lowest BCUT2D eigenvalue weighted by Crippen LogP contribution is -2.57. The minimum atomic E-state index is -1.46. The number of benzene rings is 1. The molecule has 0 aliphatic carbocycles. The molecule has 15 heteroatoms. The molecule has 0 fully saturated rings. The molecule has 0 radical (unpaired) electrons. The lowest BCUT2D eigenvalue weighted by Gasteiger charge is -2.25. The van der Waals surface area contributed by atoms with E-state index in [2.05, 4.69) is 16.0 Å². The Kier molecular flexibility index (Phi) is 14.7. The number of carbonyl (C=O) groups excluding carboxylic acids is 5. The quantitative estimate of drug-likeness (QED) is 0.0792. The minimum absolute atomic E-state index is 0.0264. The highest BCUT2D eigenvalue weighted by atomic mass is 16.4.